The van der Waals surface area contributed by atoms with Gasteiger partial charge in [0.25, 0.3) is 0 Å². The molecule has 2 aliphatic rings. The van der Waals surface area contributed by atoms with Gasteiger partial charge in [0.2, 0.25) is 0 Å². The number of rotatable bonds is 1. The molecule has 0 saturated carbocycles. The van der Waals surface area contributed by atoms with Crippen LogP contribution in [0.15, 0.2) is 18.2 Å². The highest BCUT2D eigenvalue weighted by Crippen LogP contribution is 2.37. The van der Waals surface area contributed by atoms with Gasteiger partial charge < -0.3 is 15.2 Å². The molecule has 1 aromatic rings. The quantitative estimate of drug-likeness (QED) is 0.793. The molecule has 2 bridgehead atoms. The SMILES string of the molecule is N#Cc1ccc(C2(O)CC3COCC(C2)N3)cc1F. The number of fused-ring (bicyclic) bond motifs is 2. The first kappa shape index (κ1) is 12.5. The second-order valence-corrected chi connectivity index (χ2v) is 5.34. The maximum atomic E-state index is 13.7. The minimum absolute atomic E-state index is 0.00446. The zero-order valence-electron chi connectivity index (χ0n) is 10.4. The van der Waals surface area contributed by atoms with Crippen LogP contribution in [-0.2, 0) is 10.3 Å². The minimum Gasteiger partial charge on any atom is -0.385 e. The fraction of sp³-hybridized carbons (Fsp3) is 0.500. The molecule has 0 aliphatic carbocycles. The molecule has 4 nitrogen and oxygen atoms in total. The molecular weight excluding hydrogens is 247 g/mol. The van der Waals surface area contributed by atoms with Gasteiger partial charge in [-0.1, -0.05) is 6.07 Å². The average Bonchev–Trinajstić information content (AvgIpc) is 2.38. The van der Waals surface area contributed by atoms with Crippen LogP contribution in [0.3, 0.4) is 0 Å². The van der Waals surface area contributed by atoms with Crippen molar-refractivity contribution < 1.29 is 14.2 Å². The number of aliphatic hydroxyl groups is 1. The molecule has 3 rings (SSSR count). The maximum absolute atomic E-state index is 13.7. The van der Waals surface area contributed by atoms with Crippen molar-refractivity contribution in [3.8, 4) is 6.07 Å². The Morgan fingerprint density at radius 3 is 2.63 bits per heavy atom. The van der Waals surface area contributed by atoms with Gasteiger partial charge in [-0.05, 0) is 30.5 Å². The summed E-state index contributed by atoms with van der Waals surface area (Å²) in [4.78, 5) is 0. The lowest BCUT2D eigenvalue weighted by Gasteiger charge is -2.45. The van der Waals surface area contributed by atoms with E-state index in [-0.39, 0.29) is 17.6 Å². The van der Waals surface area contributed by atoms with Gasteiger partial charge in [-0.2, -0.15) is 5.26 Å². The van der Waals surface area contributed by atoms with E-state index in [1.54, 1.807) is 12.1 Å². The summed E-state index contributed by atoms with van der Waals surface area (Å²) in [5.74, 6) is -0.576. The second kappa shape index (κ2) is 4.57. The van der Waals surface area contributed by atoms with E-state index >= 15 is 0 Å². The first-order valence-corrected chi connectivity index (χ1v) is 6.37. The van der Waals surface area contributed by atoms with Crippen molar-refractivity contribution in [1.29, 1.82) is 5.26 Å². The largest absolute Gasteiger partial charge is 0.385 e. The predicted molar refractivity (Wildman–Crippen MR) is 65.8 cm³/mol. The molecule has 19 heavy (non-hydrogen) atoms. The summed E-state index contributed by atoms with van der Waals surface area (Å²) in [7, 11) is 0. The van der Waals surface area contributed by atoms with Crippen LogP contribution in [-0.4, -0.2) is 30.4 Å². The van der Waals surface area contributed by atoms with Crippen LogP contribution in [0.2, 0.25) is 0 Å². The average molecular weight is 262 g/mol. The Morgan fingerprint density at radius 2 is 2.05 bits per heavy atom. The Bertz CT molecular complexity index is 529. The molecule has 2 heterocycles. The van der Waals surface area contributed by atoms with Crippen LogP contribution in [0.1, 0.15) is 24.0 Å². The van der Waals surface area contributed by atoms with Crippen molar-refractivity contribution in [2.75, 3.05) is 13.2 Å². The standard InChI is InChI=1S/C14H15FN2O2/c15-13-3-10(2-1-9(13)6-16)14(18)4-11-7-19-8-12(5-14)17-11/h1-3,11-12,17-18H,4-5,7-8H2. The van der Waals surface area contributed by atoms with Crippen LogP contribution in [0, 0.1) is 17.1 Å². The lowest BCUT2D eigenvalue weighted by Crippen LogP contribution is -2.58. The molecule has 2 unspecified atom stereocenters. The smallest absolute Gasteiger partial charge is 0.141 e. The van der Waals surface area contributed by atoms with Crippen molar-refractivity contribution in [1.82, 2.24) is 5.32 Å². The number of halogens is 1. The highest BCUT2D eigenvalue weighted by Gasteiger charge is 2.42. The van der Waals surface area contributed by atoms with Gasteiger partial charge in [0.05, 0.1) is 24.4 Å². The summed E-state index contributed by atoms with van der Waals surface area (Å²) in [5, 5.41) is 22.9. The zero-order chi connectivity index (χ0) is 13.5. The third kappa shape index (κ3) is 2.23. The molecule has 2 N–H and O–H groups in total. The van der Waals surface area contributed by atoms with Crippen molar-refractivity contribution in [3.63, 3.8) is 0 Å². The number of benzene rings is 1. The lowest BCUT2D eigenvalue weighted by atomic mass is 9.78. The molecule has 2 fully saturated rings. The van der Waals surface area contributed by atoms with Gasteiger partial charge in [-0.15, -0.1) is 0 Å². The van der Waals surface area contributed by atoms with Crippen LogP contribution in [0.25, 0.3) is 0 Å². The third-order valence-electron chi connectivity index (χ3n) is 3.90. The highest BCUT2D eigenvalue weighted by molar-refractivity contribution is 5.36. The Labute approximate surface area is 110 Å². The van der Waals surface area contributed by atoms with Gasteiger partial charge >= 0.3 is 0 Å². The summed E-state index contributed by atoms with van der Waals surface area (Å²) in [6, 6.07) is 6.32. The zero-order valence-corrected chi connectivity index (χ0v) is 10.4. The first-order valence-electron chi connectivity index (χ1n) is 6.37. The number of hydrogen-bond acceptors (Lipinski definition) is 4. The Kier molecular flexibility index (Phi) is 3.02. The van der Waals surface area contributed by atoms with Crippen molar-refractivity contribution in [2.24, 2.45) is 0 Å². The monoisotopic (exact) mass is 262 g/mol. The second-order valence-electron chi connectivity index (χ2n) is 5.34. The number of nitrogens with zero attached hydrogens (tertiary/aromatic N) is 1. The number of morpholine rings is 1. The van der Waals surface area contributed by atoms with Crippen LogP contribution in [0.4, 0.5) is 4.39 Å². The van der Waals surface area contributed by atoms with E-state index in [1.807, 2.05) is 0 Å². The van der Waals surface area contributed by atoms with E-state index in [0.29, 0.717) is 31.6 Å². The summed E-state index contributed by atoms with van der Waals surface area (Å²) < 4.78 is 19.1. The molecule has 2 atom stereocenters. The van der Waals surface area contributed by atoms with Crippen LogP contribution in [0.5, 0.6) is 0 Å². The predicted octanol–water partition coefficient (Wildman–Crippen LogP) is 1.04. The van der Waals surface area contributed by atoms with E-state index in [2.05, 4.69) is 5.32 Å². The Morgan fingerprint density at radius 1 is 1.37 bits per heavy atom. The van der Waals surface area contributed by atoms with E-state index in [0.717, 1.165) is 0 Å². The molecule has 0 amide bonds. The molecule has 1 aromatic carbocycles. The fourth-order valence-electron chi connectivity index (χ4n) is 3.05. The fourth-order valence-corrected chi connectivity index (χ4v) is 3.05. The molecule has 0 aromatic heterocycles. The Balaban J connectivity index is 1.92. The Hall–Kier alpha value is -1.48. The number of ether oxygens (including phenoxy) is 1. The highest BCUT2D eigenvalue weighted by atomic mass is 19.1. The topological polar surface area (TPSA) is 65.3 Å². The van der Waals surface area contributed by atoms with E-state index in [1.165, 1.54) is 12.1 Å². The minimum atomic E-state index is -1.04. The molecule has 5 heteroatoms. The van der Waals surface area contributed by atoms with Gasteiger partial charge in [0.1, 0.15) is 11.9 Å². The number of hydrogen-bond donors (Lipinski definition) is 2. The number of nitriles is 1. The van der Waals surface area contributed by atoms with Crippen molar-refractivity contribution >= 4 is 0 Å². The lowest BCUT2D eigenvalue weighted by molar-refractivity contribution is -0.0803. The van der Waals surface area contributed by atoms with Gasteiger partial charge in [0.15, 0.2) is 0 Å². The number of piperidine rings is 1. The molecule has 100 valence electrons. The summed E-state index contributed by atoms with van der Waals surface area (Å²) in [6.45, 7) is 1.13. The van der Waals surface area contributed by atoms with Crippen LogP contribution < -0.4 is 5.32 Å². The summed E-state index contributed by atoms with van der Waals surface area (Å²) >= 11 is 0. The molecule has 2 saturated heterocycles. The van der Waals surface area contributed by atoms with Crippen LogP contribution >= 0.6 is 0 Å². The van der Waals surface area contributed by atoms with Gasteiger partial charge in [-0.25, -0.2) is 4.39 Å². The molecule has 0 spiro atoms. The van der Waals surface area contributed by atoms with E-state index in [4.69, 9.17) is 10.00 Å². The maximum Gasteiger partial charge on any atom is 0.141 e. The van der Waals surface area contributed by atoms with E-state index < -0.39 is 11.4 Å². The van der Waals surface area contributed by atoms with Crippen molar-refractivity contribution in [2.45, 2.75) is 30.5 Å². The third-order valence-corrected chi connectivity index (χ3v) is 3.90. The van der Waals surface area contributed by atoms with E-state index in [9.17, 15) is 9.50 Å². The molecule has 0 radical (unpaired) electrons. The van der Waals surface area contributed by atoms with Gasteiger partial charge in [0, 0.05) is 12.1 Å². The molecule has 2 aliphatic heterocycles. The normalized spacial score (nSPS) is 33.7. The number of nitrogens with one attached hydrogen (secondary N) is 1. The summed E-state index contributed by atoms with van der Waals surface area (Å²) in [6.07, 6.45) is 0.990. The van der Waals surface area contributed by atoms with Gasteiger partial charge in [-0.3, -0.25) is 0 Å². The van der Waals surface area contributed by atoms with Crippen molar-refractivity contribution in [3.05, 3.63) is 35.1 Å². The molecular formula is C14H15FN2O2. The summed E-state index contributed by atoms with van der Waals surface area (Å²) in [5.41, 5.74) is -0.494. The first-order chi connectivity index (χ1) is 9.10.